The Morgan fingerprint density at radius 3 is 2.31 bits per heavy atom. The highest BCUT2D eigenvalue weighted by atomic mass is 16.6. The van der Waals surface area contributed by atoms with Crippen LogP contribution in [0.25, 0.3) is 0 Å². The maximum Gasteiger partial charge on any atom is 0.410 e. The highest BCUT2D eigenvalue weighted by Gasteiger charge is 2.30. The standard InChI is InChI=1S/C20H39N3O3/c1-16(24)12-22-9-6-17(7-10-22)13-21(5)14-18-8-11-23(15-18)19(25)26-20(2,3)4/h16-18,24H,6-15H2,1-5H3/t16-,18-/m1/s1. The van der Waals surface area contributed by atoms with Gasteiger partial charge in [-0.2, -0.15) is 0 Å². The lowest BCUT2D eigenvalue weighted by Crippen LogP contribution is -2.41. The van der Waals surface area contributed by atoms with Crippen LogP contribution < -0.4 is 0 Å². The summed E-state index contributed by atoms with van der Waals surface area (Å²) >= 11 is 0. The Labute approximate surface area is 159 Å². The number of rotatable bonds is 6. The third kappa shape index (κ3) is 7.41. The lowest BCUT2D eigenvalue weighted by molar-refractivity contribution is 0.0285. The molecule has 0 aromatic rings. The zero-order chi connectivity index (χ0) is 19.3. The van der Waals surface area contributed by atoms with E-state index in [4.69, 9.17) is 4.74 Å². The maximum atomic E-state index is 12.2. The zero-order valence-electron chi connectivity index (χ0n) is 17.4. The molecule has 0 aliphatic carbocycles. The largest absolute Gasteiger partial charge is 0.444 e. The van der Waals surface area contributed by atoms with Gasteiger partial charge < -0.3 is 24.5 Å². The minimum Gasteiger partial charge on any atom is -0.444 e. The molecule has 1 N–H and O–H groups in total. The number of ether oxygens (including phenoxy) is 1. The zero-order valence-corrected chi connectivity index (χ0v) is 17.4. The molecule has 26 heavy (non-hydrogen) atoms. The molecule has 2 fully saturated rings. The Morgan fingerprint density at radius 2 is 1.73 bits per heavy atom. The lowest BCUT2D eigenvalue weighted by Gasteiger charge is -2.34. The second kappa shape index (κ2) is 9.38. The normalized spacial score (nSPS) is 24.3. The van der Waals surface area contributed by atoms with Crippen LogP contribution in [0.1, 0.15) is 47.0 Å². The van der Waals surface area contributed by atoms with Gasteiger partial charge in [-0.1, -0.05) is 0 Å². The maximum absolute atomic E-state index is 12.2. The first-order valence-corrected chi connectivity index (χ1v) is 10.2. The highest BCUT2D eigenvalue weighted by molar-refractivity contribution is 5.68. The van der Waals surface area contributed by atoms with E-state index in [0.717, 1.165) is 58.2 Å². The van der Waals surface area contributed by atoms with Crippen molar-refractivity contribution >= 4 is 6.09 Å². The van der Waals surface area contributed by atoms with E-state index in [2.05, 4.69) is 16.8 Å². The van der Waals surface area contributed by atoms with E-state index in [1.807, 2.05) is 32.6 Å². The van der Waals surface area contributed by atoms with Crippen molar-refractivity contribution in [1.82, 2.24) is 14.7 Å². The number of hydrogen-bond acceptors (Lipinski definition) is 5. The molecule has 0 radical (unpaired) electrons. The SMILES string of the molecule is C[C@@H](O)CN1CCC(CN(C)C[C@H]2CCN(C(=O)OC(C)(C)C)C2)CC1. The van der Waals surface area contributed by atoms with E-state index in [1.54, 1.807) is 0 Å². The molecule has 2 aliphatic heterocycles. The van der Waals surface area contributed by atoms with Crippen LogP contribution in [0, 0.1) is 11.8 Å². The first-order valence-electron chi connectivity index (χ1n) is 10.2. The summed E-state index contributed by atoms with van der Waals surface area (Å²) in [5.74, 6) is 1.29. The number of nitrogens with zero attached hydrogens (tertiary/aromatic N) is 3. The monoisotopic (exact) mass is 369 g/mol. The molecule has 6 nitrogen and oxygen atoms in total. The predicted octanol–water partition coefficient (Wildman–Crippen LogP) is 2.27. The van der Waals surface area contributed by atoms with E-state index in [1.165, 1.54) is 12.8 Å². The Bertz CT molecular complexity index is 442. The Balaban J connectivity index is 1.66. The minimum atomic E-state index is -0.422. The van der Waals surface area contributed by atoms with Gasteiger partial charge in [0.15, 0.2) is 0 Å². The molecule has 2 aliphatic rings. The van der Waals surface area contributed by atoms with Gasteiger partial charge in [0.1, 0.15) is 5.60 Å². The molecular formula is C20H39N3O3. The second-order valence-electron chi connectivity index (χ2n) is 9.40. The first-order chi connectivity index (χ1) is 12.1. The number of β-amino-alcohol motifs (C(OH)–C–C–N with tert-alkyl or cyclic N) is 1. The number of aliphatic hydroxyl groups excluding tert-OH is 1. The number of piperidine rings is 1. The number of aliphatic hydroxyl groups is 1. The van der Waals surface area contributed by atoms with Crippen molar-refractivity contribution in [3.05, 3.63) is 0 Å². The number of carbonyl (C=O) groups is 1. The third-order valence-electron chi connectivity index (χ3n) is 5.31. The van der Waals surface area contributed by atoms with Crippen LogP contribution in [-0.4, -0.2) is 90.5 Å². The van der Waals surface area contributed by atoms with Crippen molar-refractivity contribution in [3.63, 3.8) is 0 Å². The Morgan fingerprint density at radius 1 is 1.15 bits per heavy atom. The molecule has 0 aromatic carbocycles. The molecule has 6 heteroatoms. The summed E-state index contributed by atoms with van der Waals surface area (Å²) in [5.41, 5.74) is -0.422. The number of hydrogen-bond donors (Lipinski definition) is 1. The summed E-state index contributed by atoms with van der Waals surface area (Å²) in [7, 11) is 2.21. The molecule has 0 aromatic heterocycles. The summed E-state index contributed by atoms with van der Waals surface area (Å²) in [6.07, 6.45) is 3.09. The van der Waals surface area contributed by atoms with Gasteiger partial charge in [0.2, 0.25) is 0 Å². The van der Waals surface area contributed by atoms with Crippen molar-refractivity contribution in [3.8, 4) is 0 Å². The van der Waals surface area contributed by atoms with Crippen LogP contribution in [0.3, 0.4) is 0 Å². The van der Waals surface area contributed by atoms with Crippen molar-refractivity contribution in [2.24, 2.45) is 11.8 Å². The van der Waals surface area contributed by atoms with Gasteiger partial charge in [-0.05, 0) is 78.9 Å². The van der Waals surface area contributed by atoms with Gasteiger partial charge in [0, 0.05) is 32.7 Å². The Kier molecular flexibility index (Phi) is 7.74. The third-order valence-corrected chi connectivity index (χ3v) is 5.31. The molecular weight excluding hydrogens is 330 g/mol. The van der Waals surface area contributed by atoms with Gasteiger partial charge in [-0.25, -0.2) is 4.79 Å². The first kappa shape index (κ1) is 21.5. The molecule has 1 amide bonds. The van der Waals surface area contributed by atoms with E-state index >= 15 is 0 Å². The van der Waals surface area contributed by atoms with Crippen LogP contribution in [0.4, 0.5) is 4.79 Å². The Hall–Kier alpha value is -0.850. The molecule has 0 spiro atoms. The molecule has 152 valence electrons. The van der Waals surface area contributed by atoms with E-state index in [0.29, 0.717) is 5.92 Å². The highest BCUT2D eigenvalue weighted by Crippen LogP contribution is 2.22. The molecule has 0 unspecified atom stereocenters. The number of likely N-dealkylation sites (tertiary alicyclic amines) is 2. The smallest absolute Gasteiger partial charge is 0.410 e. The fourth-order valence-electron chi connectivity index (χ4n) is 4.16. The quantitative estimate of drug-likeness (QED) is 0.778. The fourth-order valence-corrected chi connectivity index (χ4v) is 4.16. The number of amides is 1. The van der Waals surface area contributed by atoms with Crippen LogP contribution >= 0.6 is 0 Å². The molecule has 0 saturated carbocycles. The lowest BCUT2D eigenvalue weighted by atomic mass is 9.95. The van der Waals surface area contributed by atoms with E-state index in [-0.39, 0.29) is 12.2 Å². The van der Waals surface area contributed by atoms with E-state index < -0.39 is 5.60 Å². The average Bonchev–Trinajstić information content (AvgIpc) is 2.95. The van der Waals surface area contributed by atoms with Crippen molar-refractivity contribution in [2.45, 2.75) is 58.7 Å². The summed E-state index contributed by atoms with van der Waals surface area (Å²) in [4.78, 5) is 18.9. The minimum absolute atomic E-state index is 0.173. The molecule has 2 saturated heterocycles. The summed E-state index contributed by atoms with van der Waals surface area (Å²) in [6, 6.07) is 0. The second-order valence-corrected chi connectivity index (χ2v) is 9.40. The van der Waals surface area contributed by atoms with Crippen LogP contribution in [-0.2, 0) is 4.74 Å². The topological polar surface area (TPSA) is 56.2 Å². The average molecular weight is 370 g/mol. The van der Waals surface area contributed by atoms with Crippen molar-refractivity contribution in [1.29, 1.82) is 0 Å². The summed E-state index contributed by atoms with van der Waals surface area (Å²) in [5, 5.41) is 9.51. The van der Waals surface area contributed by atoms with Gasteiger partial charge in [-0.15, -0.1) is 0 Å². The summed E-state index contributed by atoms with van der Waals surface area (Å²) < 4.78 is 5.48. The fraction of sp³-hybridized carbons (Fsp3) is 0.950. The van der Waals surface area contributed by atoms with Crippen molar-refractivity contribution in [2.75, 3.05) is 52.9 Å². The molecule has 2 heterocycles. The predicted molar refractivity (Wildman–Crippen MR) is 104 cm³/mol. The van der Waals surface area contributed by atoms with Crippen LogP contribution in [0.15, 0.2) is 0 Å². The van der Waals surface area contributed by atoms with E-state index in [9.17, 15) is 9.90 Å². The van der Waals surface area contributed by atoms with Crippen LogP contribution in [0.2, 0.25) is 0 Å². The molecule has 0 bridgehead atoms. The summed E-state index contributed by atoms with van der Waals surface area (Å²) in [6.45, 7) is 14.4. The molecule has 2 rings (SSSR count). The van der Waals surface area contributed by atoms with Crippen LogP contribution in [0.5, 0.6) is 0 Å². The number of carbonyl (C=O) groups excluding carboxylic acids is 1. The van der Waals surface area contributed by atoms with Gasteiger partial charge >= 0.3 is 6.09 Å². The van der Waals surface area contributed by atoms with Crippen molar-refractivity contribution < 1.29 is 14.6 Å². The van der Waals surface area contributed by atoms with Gasteiger partial charge in [0.25, 0.3) is 0 Å². The van der Waals surface area contributed by atoms with Gasteiger partial charge in [-0.3, -0.25) is 0 Å². The molecule has 2 atom stereocenters. The van der Waals surface area contributed by atoms with Gasteiger partial charge in [0.05, 0.1) is 6.10 Å².